The number of fused-ring (bicyclic) bond motifs is 1. The Bertz CT molecular complexity index is 979. The summed E-state index contributed by atoms with van der Waals surface area (Å²) in [5.74, 6) is 0.656. The average Bonchev–Trinajstić information content (AvgIpc) is 3.18. The van der Waals surface area contributed by atoms with Gasteiger partial charge in [0.2, 0.25) is 5.91 Å². The van der Waals surface area contributed by atoms with Crippen LogP contribution in [0.5, 0.6) is 0 Å². The molecule has 1 aliphatic heterocycles. The number of nitrogens with two attached hydrogens (primary N) is 1. The van der Waals surface area contributed by atoms with E-state index in [2.05, 4.69) is 30.2 Å². The first-order chi connectivity index (χ1) is 13.5. The number of rotatable bonds is 4. The van der Waals surface area contributed by atoms with E-state index in [1.54, 1.807) is 6.33 Å². The van der Waals surface area contributed by atoms with E-state index in [4.69, 9.17) is 17.3 Å². The van der Waals surface area contributed by atoms with Gasteiger partial charge in [-0.25, -0.2) is 15.0 Å². The molecule has 0 unspecified atom stereocenters. The molecule has 1 aromatic carbocycles. The van der Waals surface area contributed by atoms with Crippen LogP contribution in [0.15, 0.2) is 36.9 Å². The van der Waals surface area contributed by atoms with Crippen molar-refractivity contribution in [2.75, 3.05) is 18.0 Å². The number of imidazole rings is 1. The molecule has 0 saturated carbocycles. The van der Waals surface area contributed by atoms with Gasteiger partial charge in [0.15, 0.2) is 11.5 Å². The van der Waals surface area contributed by atoms with E-state index in [0.29, 0.717) is 36.6 Å². The predicted molar refractivity (Wildman–Crippen MR) is 108 cm³/mol. The van der Waals surface area contributed by atoms with Gasteiger partial charge >= 0.3 is 0 Å². The second-order valence-corrected chi connectivity index (χ2v) is 7.62. The second kappa shape index (κ2) is 7.37. The fourth-order valence-corrected chi connectivity index (χ4v) is 3.64. The number of aromatic nitrogens is 4. The highest BCUT2D eigenvalue weighted by Gasteiger charge is 2.38. The molecule has 3 aromatic rings. The van der Waals surface area contributed by atoms with Gasteiger partial charge in [-0.1, -0.05) is 23.7 Å². The molecule has 8 nitrogen and oxygen atoms in total. The molecule has 146 valence electrons. The Hall–Kier alpha value is -2.71. The molecule has 0 radical (unpaired) electrons. The predicted octanol–water partition coefficient (Wildman–Crippen LogP) is 2.18. The molecule has 1 amide bonds. The monoisotopic (exact) mass is 399 g/mol. The van der Waals surface area contributed by atoms with E-state index >= 15 is 0 Å². The molecule has 9 heteroatoms. The van der Waals surface area contributed by atoms with Crippen molar-refractivity contribution in [3.63, 3.8) is 0 Å². The fourth-order valence-electron chi connectivity index (χ4n) is 3.51. The number of carbonyl (C=O) groups excluding carboxylic acids is 1. The van der Waals surface area contributed by atoms with Gasteiger partial charge in [-0.3, -0.25) is 4.79 Å². The maximum Gasteiger partial charge on any atom is 0.240 e. The summed E-state index contributed by atoms with van der Waals surface area (Å²) in [6.07, 6.45) is 4.17. The maximum atomic E-state index is 12.9. The zero-order chi connectivity index (χ0) is 19.7. The van der Waals surface area contributed by atoms with Crippen LogP contribution in [0.3, 0.4) is 0 Å². The molecule has 1 atom stereocenters. The van der Waals surface area contributed by atoms with Gasteiger partial charge in [0.25, 0.3) is 0 Å². The minimum atomic E-state index is -0.905. The number of aromatic amines is 1. The summed E-state index contributed by atoms with van der Waals surface area (Å²) in [5, 5.41) is 3.71. The number of hydrogen-bond acceptors (Lipinski definition) is 6. The van der Waals surface area contributed by atoms with Gasteiger partial charge in [-0.05, 0) is 37.5 Å². The number of benzene rings is 1. The van der Waals surface area contributed by atoms with Crippen molar-refractivity contribution in [1.82, 2.24) is 25.3 Å². The second-order valence-electron chi connectivity index (χ2n) is 7.19. The topological polar surface area (TPSA) is 113 Å². The maximum absolute atomic E-state index is 12.9. The Kier molecular flexibility index (Phi) is 4.91. The highest BCUT2D eigenvalue weighted by Crippen LogP contribution is 2.27. The van der Waals surface area contributed by atoms with Gasteiger partial charge in [-0.2, -0.15) is 0 Å². The molecule has 1 saturated heterocycles. The third-order valence-electron chi connectivity index (χ3n) is 5.33. The van der Waals surface area contributed by atoms with E-state index < -0.39 is 5.54 Å². The van der Waals surface area contributed by atoms with Crippen LogP contribution in [0, 0.1) is 0 Å². The zero-order valence-electron chi connectivity index (χ0n) is 15.5. The normalized spacial score (nSPS) is 17.5. The van der Waals surface area contributed by atoms with Crippen LogP contribution in [0.1, 0.15) is 31.4 Å². The van der Waals surface area contributed by atoms with Crippen LogP contribution in [-0.4, -0.2) is 44.5 Å². The summed E-state index contributed by atoms with van der Waals surface area (Å²) in [7, 11) is 0. The summed E-state index contributed by atoms with van der Waals surface area (Å²) in [6, 6.07) is 7.30. The SMILES string of the molecule is C[C@H](NC(=O)C1(N)CCN(c2ncnc3nc[nH]c23)CC1)c1ccc(Cl)cc1. The lowest BCUT2D eigenvalue weighted by Gasteiger charge is -2.39. The molecule has 0 bridgehead atoms. The lowest BCUT2D eigenvalue weighted by atomic mass is 9.87. The Labute approximate surface area is 167 Å². The number of anilines is 1. The van der Waals surface area contributed by atoms with E-state index in [1.165, 1.54) is 6.33 Å². The van der Waals surface area contributed by atoms with Crippen molar-refractivity contribution in [2.24, 2.45) is 5.73 Å². The van der Waals surface area contributed by atoms with Crippen LogP contribution in [0.2, 0.25) is 5.02 Å². The molecular weight excluding hydrogens is 378 g/mol. The van der Waals surface area contributed by atoms with Crippen LogP contribution >= 0.6 is 11.6 Å². The lowest BCUT2D eigenvalue weighted by molar-refractivity contribution is -0.127. The summed E-state index contributed by atoms with van der Waals surface area (Å²) in [6.45, 7) is 3.20. The van der Waals surface area contributed by atoms with Gasteiger partial charge in [0, 0.05) is 18.1 Å². The number of piperidine rings is 1. The number of halogens is 1. The molecule has 28 heavy (non-hydrogen) atoms. The van der Waals surface area contributed by atoms with Crippen molar-refractivity contribution >= 4 is 34.5 Å². The first-order valence-corrected chi connectivity index (χ1v) is 9.58. The molecule has 4 rings (SSSR count). The zero-order valence-corrected chi connectivity index (χ0v) is 16.3. The molecular formula is C19H22ClN7O. The summed E-state index contributed by atoms with van der Waals surface area (Å²) >= 11 is 5.93. The van der Waals surface area contributed by atoms with Gasteiger partial charge < -0.3 is 20.9 Å². The average molecular weight is 400 g/mol. The van der Waals surface area contributed by atoms with Crippen LogP contribution < -0.4 is 16.0 Å². The fraction of sp³-hybridized carbons (Fsp3) is 0.368. The molecule has 1 aliphatic rings. The number of hydrogen-bond donors (Lipinski definition) is 3. The Morgan fingerprint density at radius 1 is 1.25 bits per heavy atom. The molecule has 1 fully saturated rings. The van der Waals surface area contributed by atoms with Crippen molar-refractivity contribution in [1.29, 1.82) is 0 Å². The van der Waals surface area contributed by atoms with Crippen molar-refractivity contribution in [3.8, 4) is 0 Å². The Morgan fingerprint density at radius 2 is 1.96 bits per heavy atom. The van der Waals surface area contributed by atoms with Crippen LogP contribution in [-0.2, 0) is 4.79 Å². The van der Waals surface area contributed by atoms with Crippen LogP contribution in [0.4, 0.5) is 5.82 Å². The van der Waals surface area contributed by atoms with E-state index in [1.807, 2.05) is 31.2 Å². The molecule has 3 heterocycles. The van der Waals surface area contributed by atoms with Crippen molar-refractivity contribution < 1.29 is 4.79 Å². The highest BCUT2D eigenvalue weighted by molar-refractivity contribution is 6.30. The third-order valence-corrected chi connectivity index (χ3v) is 5.58. The standard InChI is InChI=1S/C19H22ClN7O/c1-12(13-2-4-14(20)5-3-13)26-18(28)19(21)6-8-27(9-7-19)17-15-16(23-10-22-15)24-11-25-17/h2-5,10-12H,6-9,21H2,1H3,(H,26,28)(H,22,23,24,25)/t12-/m0/s1. The molecule has 0 aliphatic carbocycles. The molecule has 0 spiro atoms. The first kappa shape index (κ1) is 18.6. The number of H-pyrrole nitrogens is 1. The Balaban J connectivity index is 1.42. The summed E-state index contributed by atoms with van der Waals surface area (Å²) < 4.78 is 0. The number of nitrogens with zero attached hydrogens (tertiary/aromatic N) is 4. The highest BCUT2D eigenvalue weighted by atomic mass is 35.5. The molecule has 4 N–H and O–H groups in total. The summed E-state index contributed by atoms with van der Waals surface area (Å²) in [5.41, 5.74) is 7.98. The van der Waals surface area contributed by atoms with Gasteiger partial charge in [0.05, 0.1) is 17.9 Å². The quantitative estimate of drug-likeness (QED) is 0.619. The van der Waals surface area contributed by atoms with E-state index in [9.17, 15) is 4.79 Å². The van der Waals surface area contributed by atoms with Gasteiger partial charge in [-0.15, -0.1) is 0 Å². The minimum Gasteiger partial charge on any atom is -0.355 e. The van der Waals surface area contributed by atoms with Crippen molar-refractivity contribution in [3.05, 3.63) is 47.5 Å². The number of carbonyl (C=O) groups is 1. The number of nitrogens with one attached hydrogen (secondary N) is 2. The minimum absolute atomic E-state index is 0.135. The van der Waals surface area contributed by atoms with E-state index in [-0.39, 0.29) is 11.9 Å². The van der Waals surface area contributed by atoms with E-state index in [0.717, 1.165) is 16.9 Å². The third kappa shape index (κ3) is 3.53. The number of amides is 1. The van der Waals surface area contributed by atoms with Gasteiger partial charge in [0.1, 0.15) is 11.8 Å². The lowest BCUT2D eigenvalue weighted by Crippen LogP contribution is -2.60. The first-order valence-electron chi connectivity index (χ1n) is 9.21. The largest absolute Gasteiger partial charge is 0.355 e. The van der Waals surface area contributed by atoms with Crippen molar-refractivity contribution in [2.45, 2.75) is 31.3 Å². The smallest absolute Gasteiger partial charge is 0.240 e. The Morgan fingerprint density at radius 3 is 2.68 bits per heavy atom. The van der Waals surface area contributed by atoms with Crippen LogP contribution in [0.25, 0.3) is 11.2 Å². The summed E-state index contributed by atoms with van der Waals surface area (Å²) in [4.78, 5) is 30.7. The molecule has 2 aromatic heterocycles.